The van der Waals surface area contributed by atoms with Crippen LogP contribution in [0, 0.1) is 13.8 Å². The highest BCUT2D eigenvalue weighted by molar-refractivity contribution is 7.89. The summed E-state index contributed by atoms with van der Waals surface area (Å²) in [4.78, 5) is 14.5. The van der Waals surface area contributed by atoms with E-state index in [9.17, 15) is 13.2 Å². The van der Waals surface area contributed by atoms with E-state index in [4.69, 9.17) is 0 Å². The third-order valence-corrected chi connectivity index (χ3v) is 8.04. The lowest BCUT2D eigenvalue weighted by Gasteiger charge is -2.15. The van der Waals surface area contributed by atoms with E-state index < -0.39 is 10.0 Å². The van der Waals surface area contributed by atoms with Crippen LogP contribution in [0.2, 0.25) is 0 Å². The van der Waals surface area contributed by atoms with Crippen molar-refractivity contribution in [3.8, 4) is 5.69 Å². The van der Waals surface area contributed by atoms with Gasteiger partial charge >= 0.3 is 0 Å². The summed E-state index contributed by atoms with van der Waals surface area (Å²) in [5.41, 5.74) is 2.80. The number of anilines is 1. The van der Waals surface area contributed by atoms with Gasteiger partial charge in [-0.15, -0.1) is 11.3 Å². The lowest BCUT2D eigenvalue weighted by Crippen LogP contribution is -2.23. The van der Waals surface area contributed by atoms with Gasteiger partial charge in [0.2, 0.25) is 10.0 Å². The summed E-state index contributed by atoms with van der Waals surface area (Å²) in [5.74, 6) is -0.294. The normalized spacial score (nSPS) is 11.9. The summed E-state index contributed by atoms with van der Waals surface area (Å²) < 4.78 is 28.1. The summed E-state index contributed by atoms with van der Waals surface area (Å²) in [6.45, 7) is 3.64. The van der Waals surface area contributed by atoms with Crippen LogP contribution < -0.4 is 5.32 Å². The molecule has 0 atom stereocenters. The lowest BCUT2D eigenvalue weighted by atomic mass is 10.2. The summed E-state index contributed by atoms with van der Waals surface area (Å²) in [5, 5.41) is 8.33. The molecule has 0 aliphatic heterocycles. The van der Waals surface area contributed by atoms with Crippen LogP contribution in [0.15, 0.2) is 59.5 Å². The van der Waals surface area contributed by atoms with E-state index in [1.807, 2.05) is 48.0 Å². The standard InChI is InChI=1S/C22H22N4O3S2/c1-14-10-11-16(12-20(14)31(28,29)25(3)4)23-21(27)19-13-18-15(2)24-26(22(18)30-19)17-8-6-5-7-9-17/h5-13H,1-4H3,(H,23,27). The third-order valence-electron chi connectivity index (χ3n) is 4.97. The van der Waals surface area contributed by atoms with Gasteiger partial charge in [-0.05, 0) is 49.7 Å². The Labute approximate surface area is 185 Å². The molecule has 2 aromatic carbocycles. The highest BCUT2D eigenvalue weighted by Crippen LogP contribution is 2.31. The first-order valence-corrected chi connectivity index (χ1v) is 11.8. The van der Waals surface area contributed by atoms with E-state index >= 15 is 0 Å². The minimum atomic E-state index is -3.61. The van der Waals surface area contributed by atoms with Crippen molar-refractivity contribution in [3.63, 3.8) is 0 Å². The van der Waals surface area contributed by atoms with Crippen molar-refractivity contribution in [2.75, 3.05) is 19.4 Å². The van der Waals surface area contributed by atoms with Crippen LogP contribution >= 0.6 is 11.3 Å². The van der Waals surface area contributed by atoms with Gasteiger partial charge < -0.3 is 5.32 Å². The fourth-order valence-electron chi connectivity index (χ4n) is 3.25. The van der Waals surface area contributed by atoms with Gasteiger partial charge in [0.05, 0.1) is 21.2 Å². The maximum Gasteiger partial charge on any atom is 0.265 e. The molecule has 0 saturated heterocycles. The van der Waals surface area contributed by atoms with Crippen LogP contribution in [0.1, 0.15) is 20.9 Å². The van der Waals surface area contributed by atoms with E-state index in [-0.39, 0.29) is 10.8 Å². The van der Waals surface area contributed by atoms with Gasteiger partial charge in [0.1, 0.15) is 4.83 Å². The molecule has 0 aliphatic rings. The number of carbonyl (C=O) groups excluding carboxylic acids is 1. The number of hydrogen-bond donors (Lipinski definition) is 1. The molecule has 4 rings (SSSR count). The van der Waals surface area contributed by atoms with Crippen molar-refractivity contribution in [2.45, 2.75) is 18.7 Å². The lowest BCUT2D eigenvalue weighted by molar-refractivity contribution is 0.103. The predicted octanol–water partition coefficient (Wildman–Crippen LogP) is 4.21. The molecule has 2 aromatic heterocycles. The van der Waals surface area contributed by atoms with Crippen molar-refractivity contribution in [3.05, 3.63) is 70.7 Å². The quantitative estimate of drug-likeness (QED) is 0.490. The molecule has 31 heavy (non-hydrogen) atoms. The Morgan fingerprint density at radius 3 is 2.45 bits per heavy atom. The molecular formula is C22H22N4O3S2. The van der Waals surface area contributed by atoms with Gasteiger partial charge in [0.15, 0.2) is 0 Å². The van der Waals surface area contributed by atoms with E-state index in [0.717, 1.165) is 25.9 Å². The first-order chi connectivity index (χ1) is 14.7. The minimum Gasteiger partial charge on any atom is -0.321 e. The fourth-order valence-corrected chi connectivity index (χ4v) is 5.47. The second kappa shape index (κ2) is 7.92. The predicted molar refractivity (Wildman–Crippen MR) is 124 cm³/mol. The molecule has 0 fully saturated rings. The highest BCUT2D eigenvalue weighted by atomic mass is 32.2. The van der Waals surface area contributed by atoms with Crippen LogP contribution in [0.25, 0.3) is 15.9 Å². The van der Waals surface area contributed by atoms with E-state index in [2.05, 4.69) is 10.4 Å². The average molecular weight is 455 g/mol. The number of hydrogen-bond acceptors (Lipinski definition) is 5. The number of aromatic nitrogens is 2. The van der Waals surface area contributed by atoms with Crippen molar-refractivity contribution in [1.82, 2.24) is 14.1 Å². The topological polar surface area (TPSA) is 84.3 Å². The number of nitrogens with one attached hydrogen (secondary N) is 1. The zero-order valence-electron chi connectivity index (χ0n) is 17.6. The van der Waals surface area contributed by atoms with Gasteiger partial charge in [-0.25, -0.2) is 17.4 Å². The number of benzene rings is 2. The van der Waals surface area contributed by atoms with Gasteiger partial charge in [-0.1, -0.05) is 24.3 Å². The summed E-state index contributed by atoms with van der Waals surface area (Å²) in [7, 11) is -0.647. The van der Waals surface area contributed by atoms with Gasteiger partial charge in [-0.3, -0.25) is 4.79 Å². The number of aryl methyl sites for hydroxylation is 2. The van der Waals surface area contributed by atoms with Crippen molar-refractivity contribution >= 4 is 43.2 Å². The Hall–Kier alpha value is -3.01. The zero-order valence-corrected chi connectivity index (χ0v) is 19.2. The number of sulfonamides is 1. The Bertz CT molecular complexity index is 1390. The first kappa shape index (κ1) is 21.2. The summed E-state index contributed by atoms with van der Waals surface area (Å²) in [6.07, 6.45) is 0. The smallest absolute Gasteiger partial charge is 0.265 e. The summed E-state index contributed by atoms with van der Waals surface area (Å²) >= 11 is 1.35. The molecular weight excluding hydrogens is 432 g/mol. The summed E-state index contributed by atoms with van der Waals surface area (Å²) in [6, 6.07) is 16.5. The van der Waals surface area contributed by atoms with Crippen LogP contribution in [0.3, 0.4) is 0 Å². The maximum absolute atomic E-state index is 12.9. The number of rotatable bonds is 5. The van der Waals surface area contributed by atoms with Crippen molar-refractivity contribution in [1.29, 1.82) is 0 Å². The van der Waals surface area contributed by atoms with Crippen LogP contribution in [0.4, 0.5) is 5.69 Å². The van der Waals surface area contributed by atoms with E-state index in [1.165, 1.54) is 31.5 Å². The fraction of sp³-hybridized carbons (Fsp3) is 0.182. The molecule has 7 nitrogen and oxygen atoms in total. The SMILES string of the molecule is Cc1ccc(NC(=O)c2cc3c(C)nn(-c4ccccc4)c3s2)cc1S(=O)(=O)N(C)C. The molecule has 9 heteroatoms. The molecule has 4 aromatic rings. The molecule has 0 unspecified atom stereocenters. The van der Waals surface area contributed by atoms with E-state index in [1.54, 1.807) is 19.1 Å². The molecule has 0 spiro atoms. The Morgan fingerprint density at radius 1 is 1.06 bits per heavy atom. The van der Waals surface area contributed by atoms with Crippen molar-refractivity contribution in [2.24, 2.45) is 0 Å². The molecule has 0 bridgehead atoms. The Morgan fingerprint density at radius 2 is 1.77 bits per heavy atom. The molecule has 160 valence electrons. The van der Waals surface area contributed by atoms with E-state index in [0.29, 0.717) is 16.1 Å². The second-order valence-corrected chi connectivity index (χ2v) is 10.5. The number of amides is 1. The molecule has 0 aliphatic carbocycles. The third kappa shape index (κ3) is 3.87. The Kier molecular flexibility index (Phi) is 5.42. The molecule has 0 saturated carbocycles. The molecule has 1 amide bonds. The number of carbonyl (C=O) groups is 1. The monoisotopic (exact) mass is 454 g/mol. The number of para-hydroxylation sites is 1. The average Bonchev–Trinajstić information content (AvgIpc) is 3.30. The van der Waals surface area contributed by atoms with Crippen LogP contribution in [0.5, 0.6) is 0 Å². The number of thiophene rings is 1. The molecule has 2 heterocycles. The van der Waals surface area contributed by atoms with Crippen molar-refractivity contribution < 1.29 is 13.2 Å². The first-order valence-electron chi connectivity index (χ1n) is 9.57. The number of fused-ring (bicyclic) bond motifs is 1. The second-order valence-electron chi connectivity index (χ2n) is 7.38. The van der Waals surface area contributed by atoms with Gasteiger partial charge in [0.25, 0.3) is 5.91 Å². The zero-order chi connectivity index (χ0) is 22.3. The largest absolute Gasteiger partial charge is 0.321 e. The highest BCUT2D eigenvalue weighted by Gasteiger charge is 2.21. The molecule has 1 N–H and O–H groups in total. The maximum atomic E-state index is 12.9. The Balaban J connectivity index is 1.67. The van der Waals surface area contributed by atoms with Gasteiger partial charge in [-0.2, -0.15) is 5.10 Å². The number of nitrogens with zero attached hydrogens (tertiary/aromatic N) is 3. The van der Waals surface area contributed by atoms with Gasteiger partial charge in [0, 0.05) is 25.2 Å². The van der Waals surface area contributed by atoms with Crippen LogP contribution in [-0.4, -0.2) is 42.5 Å². The minimum absolute atomic E-state index is 0.169. The molecule has 0 radical (unpaired) electrons. The van der Waals surface area contributed by atoms with Crippen LogP contribution in [-0.2, 0) is 10.0 Å².